The Bertz CT molecular complexity index is 1260. The fourth-order valence-corrected chi connectivity index (χ4v) is 4.43. The molecule has 3 aromatic carbocycles. The molecule has 0 spiro atoms. The van der Waals surface area contributed by atoms with Crippen LogP contribution in [0.3, 0.4) is 0 Å². The molecule has 2 N–H and O–H groups in total. The topological polar surface area (TPSA) is 106 Å². The van der Waals surface area contributed by atoms with Crippen LogP contribution in [0.2, 0.25) is 0 Å². The van der Waals surface area contributed by atoms with Gasteiger partial charge in [-0.2, -0.15) is 0 Å². The molecule has 3 aromatic rings. The molecule has 0 radical (unpaired) electrons. The number of rotatable bonds is 13. The van der Waals surface area contributed by atoms with Gasteiger partial charge in [-0.15, -0.1) is 0 Å². The number of hydrogen-bond acceptors (Lipinski definition) is 6. The summed E-state index contributed by atoms with van der Waals surface area (Å²) in [6.07, 6.45) is 4.93. The summed E-state index contributed by atoms with van der Waals surface area (Å²) in [6.45, 7) is 1.28. The minimum Gasteiger partial charge on any atom is -0.494 e. The van der Waals surface area contributed by atoms with Gasteiger partial charge in [0.1, 0.15) is 5.75 Å². The molecule has 0 fully saturated rings. The van der Waals surface area contributed by atoms with Crippen molar-refractivity contribution in [1.82, 2.24) is 0 Å². The summed E-state index contributed by atoms with van der Waals surface area (Å²) in [6, 6.07) is 23.9. The molecule has 8 heteroatoms. The zero-order chi connectivity index (χ0) is 27.5. The summed E-state index contributed by atoms with van der Waals surface area (Å²) < 4.78 is 16.7. The number of benzene rings is 3. The summed E-state index contributed by atoms with van der Waals surface area (Å²) in [5.74, 6) is 0.438. The first kappa shape index (κ1) is 27.6. The van der Waals surface area contributed by atoms with Crippen molar-refractivity contribution in [3.8, 4) is 11.5 Å². The molecule has 0 aliphatic carbocycles. The molecular weight excluding hydrogens is 498 g/mol. The Labute approximate surface area is 228 Å². The molecule has 1 atom stereocenters. The van der Waals surface area contributed by atoms with Gasteiger partial charge in [0.2, 0.25) is 0 Å². The standard InChI is InChI=1S/C31H33NO7/c33-28(34)13-7-20-32-22-29(39-31(35)36)38-30-25(11-6-12-27(30)32)17-14-24-15-18-26(19-16-24)37-21-5-4-10-23-8-2-1-3-9-23/h1-3,6,8-9,11-12,14-19,29H,4-5,7,10,13,20-22H2,(H,33,34)(H,35,36)/b17-14+. The van der Waals surface area contributed by atoms with E-state index < -0.39 is 18.4 Å². The number of fused-ring (bicyclic) bond motifs is 1. The van der Waals surface area contributed by atoms with Crippen LogP contribution < -0.4 is 14.4 Å². The molecule has 204 valence electrons. The van der Waals surface area contributed by atoms with Crippen LogP contribution in [0.4, 0.5) is 10.5 Å². The molecule has 1 heterocycles. The van der Waals surface area contributed by atoms with Crippen LogP contribution in [0.1, 0.15) is 42.4 Å². The maximum atomic E-state index is 11.1. The lowest BCUT2D eigenvalue weighted by molar-refractivity contribution is -0.137. The van der Waals surface area contributed by atoms with Crippen LogP contribution in [0.15, 0.2) is 72.8 Å². The van der Waals surface area contributed by atoms with Crippen molar-refractivity contribution < 1.29 is 34.0 Å². The number of para-hydroxylation sites is 1. The van der Waals surface area contributed by atoms with Crippen molar-refractivity contribution in [2.45, 2.75) is 38.4 Å². The number of unbranched alkanes of at least 4 members (excludes halogenated alkanes) is 1. The van der Waals surface area contributed by atoms with Crippen LogP contribution in [-0.4, -0.2) is 48.3 Å². The van der Waals surface area contributed by atoms with Crippen molar-refractivity contribution in [3.63, 3.8) is 0 Å². The Hall–Kier alpha value is -4.46. The number of carboxylic acids is 1. The van der Waals surface area contributed by atoms with Gasteiger partial charge in [0.05, 0.1) is 18.8 Å². The molecule has 0 amide bonds. The number of nitrogens with zero attached hydrogens (tertiary/aromatic N) is 1. The maximum Gasteiger partial charge on any atom is 0.508 e. The Morgan fingerprint density at radius 1 is 0.923 bits per heavy atom. The minimum absolute atomic E-state index is 0.0180. The van der Waals surface area contributed by atoms with Gasteiger partial charge in [0.25, 0.3) is 6.29 Å². The highest BCUT2D eigenvalue weighted by atomic mass is 16.8. The lowest BCUT2D eigenvalue weighted by Gasteiger charge is -2.35. The van der Waals surface area contributed by atoms with E-state index in [1.165, 1.54) is 5.56 Å². The van der Waals surface area contributed by atoms with Crippen LogP contribution in [0.25, 0.3) is 12.2 Å². The minimum atomic E-state index is -1.43. The molecule has 0 saturated heterocycles. The van der Waals surface area contributed by atoms with Gasteiger partial charge in [-0.3, -0.25) is 4.79 Å². The highest BCUT2D eigenvalue weighted by Gasteiger charge is 2.29. The van der Waals surface area contributed by atoms with E-state index >= 15 is 0 Å². The number of carbonyl (C=O) groups is 2. The van der Waals surface area contributed by atoms with E-state index in [1.807, 2.05) is 65.6 Å². The van der Waals surface area contributed by atoms with Crippen molar-refractivity contribution >= 4 is 30.0 Å². The molecule has 8 nitrogen and oxygen atoms in total. The van der Waals surface area contributed by atoms with E-state index in [9.17, 15) is 9.59 Å². The van der Waals surface area contributed by atoms with Gasteiger partial charge in [0, 0.05) is 18.5 Å². The summed E-state index contributed by atoms with van der Waals surface area (Å²) >= 11 is 0. The molecule has 1 aliphatic heterocycles. The smallest absolute Gasteiger partial charge is 0.494 e. The van der Waals surface area contributed by atoms with E-state index in [1.54, 1.807) is 0 Å². The van der Waals surface area contributed by atoms with Gasteiger partial charge >= 0.3 is 12.1 Å². The van der Waals surface area contributed by atoms with Crippen LogP contribution in [-0.2, 0) is 16.0 Å². The highest BCUT2D eigenvalue weighted by molar-refractivity contribution is 5.78. The molecule has 0 aromatic heterocycles. The van der Waals surface area contributed by atoms with E-state index in [-0.39, 0.29) is 13.0 Å². The second kappa shape index (κ2) is 13.9. The lowest BCUT2D eigenvalue weighted by atomic mass is 10.1. The molecule has 1 aliphatic rings. The van der Waals surface area contributed by atoms with Crippen molar-refractivity contribution in [2.24, 2.45) is 0 Å². The van der Waals surface area contributed by atoms with Crippen molar-refractivity contribution in [3.05, 3.63) is 89.5 Å². The first-order chi connectivity index (χ1) is 19.0. The van der Waals surface area contributed by atoms with Gasteiger partial charge in [-0.05, 0) is 55.0 Å². The average molecular weight is 532 g/mol. The number of hydrogen-bond donors (Lipinski definition) is 2. The SMILES string of the molecule is O=C(O)CCCN1CC(OC(=O)O)Oc2c(/C=C/c3ccc(OCCCCc4ccccc4)cc3)cccc21. The van der Waals surface area contributed by atoms with E-state index in [0.29, 0.717) is 25.3 Å². The average Bonchev–Trinajstić information content (AvgIpc) is 2.92. The largest absolute Gasteiger partial charge is 0.508 e. The van der Waals surface area contributed by atoms with E-state index in [2.05, 4.69) is 24.3 Å². The number of anilines is 1. The van der Waals surface area contributed by atoms with Gasteiger partial charge < -0.3 is 29.3 Å². The van der Waals surface area contributed by atoms with Gasteiger partial charge in [-0.25, -0.2) is 4.79 Å². The summed E-state index contributed by atoms with van der Waals surface area (Å²) in [4.78, 5) is 24.0. The quantitative estimate of drug-likeness (QED) is 0.149. The monoisotopic (exact) mass is 531 g/mol. The van der Waals surface area contributed by atoms with Gasteiger partial charge in [-0.1, -0.05) is 66.7 Å². The fourth-order valence-electron chi connectivity index (χ4n) is 4.43. The summed E-state index contributed by atoms with van der Waals surface area (Å²) in [5, 5.41) is 18.1. The normalized spacial score (nSPS) is 14.5. The molecule has 4 rings (SSSR count). The van der Waals surface area contributed by atoms with E-state index in [0.717, 1.165) is 41.8 Å². The zero-order valence-corrected chi connectivity index (χ0v) is 21.7. The van der Waals surface area contributed by atoms with Crippen LogP contribution in [0.5, 0.6) is 11.5 Å². The predicted octanol–water partition coefficient (Wildman–Crippen LogP) is 6.34. The highest BCUT2D eigenvalue weighted by Crippen LogP contribution is 2.38. The van der Waals surface area contributed by atoms with Gasteiger partial charge in [0.15, 0.2) is 5.75 Å². The Morgan fingerprint density at radius 3 is 2.46 bits per heavy atom. The summed E-state index contributed by atoms with van der Waals surface area (Å²) in [5.41, 5.74) is 3.84. The molecule has 0 saturated carbocycles. The third-order valence-electron chi connectivity index (χ3n) is 6.34. The second-order valence-corrected chi connectivity index (χ2v) is 9.26. The zero-order valence-electron chi connectivity index (χ0n) is 21.7. The van der Waals surface area contributed by atoms with Crippen molar-refractivity contribution in [1.29, 1.82) is 0 Å². The predicted molar refractivity (Wildman–Crippen MR) is 149 cm³/mol. The Kier molecular flexibility index (Phi) is 9.83. The first-order valence-corrected chi connectivity index (χ1v) is 13.1. The Morgan fingerprint density at radius 2 is 1.72 bits per heavy atom. The molecule has 1 unspecified atom stereocenters. The Balaban J connectivity index is 1.36. The lowest BCUT2D eigenvalue weighted by Crippen LogP contribution is -2.43. The molecule has 0 bridgehead atoms. The van der Waals surface area contributed by atoms with Crippen LogP contribution in [0, 0.1) is 0 Å². The molecular formula is C31H33NO7. The second-order valence-electron chi connectivity index (χ2n) is 9.26. The number of ether oxygens (including phenoxy) is 3. The fraction of sp³-hybridized carbons (Fsp3) is 0.290. The number of aryl methyl sites for hydroxylation is 1. The molecule has 39 heavy (non-hydrogen) atoms. The maximum absolute atomic E-state index is 11.1. The first-order valence-electron chi connectivity index (χ1n) is 13.1. The summed E-state index contributed by atoms with van der Waals surface area (Å²) in [7, 11) is 0. The van der Waals surface area contributed by atoms with Crippen LogP contribution >= 0.6 is 0 Å². The van der Waals surface area contributed by atoms with Crippen molar-refractivity contribution in [2.75, 3.05) is 24.6 Å². The number of aliphatic carboxylic acids is 1. The van der Waals surface area contributed by atoms with E-state index in [4.69, 9.17) is 24.4 Å². The third-order valence-corrected chi connectivity index (χ3v) is 6.34. The third kappa shape index (κ3) is 8.53. The number of carboxylic acid groups (broad SMARTS) is 2.